The van der Waals surface area contributed by atoms with Crippen LogP contribution in [-0.2, 0) is 13.1 Å². The third-order valence-corrected chi connectivity index (χ3v) is 6.15. The number of guanidine groups is 1. The predicted molar refractivity (Wildman–Crippen MR) is 106 cm³/mol. The van der Waals surface area contributed by atoms with Crippen LogP contribution in [0, 0.1) is 0 Å². The molecule has 1 aliphatic rings. The van der Waals surface area contributed by atoms with Crippen molar-refractivity contribution in [2.45, 2.75) is 37.6 Å². The number of aliphatic imine (C=N–C) groups is 1. The van der Waals surface area contributed by atoms with Crippen LogP contribution < -0.4 is 10.6 Å². The minimum absolute atomic E-state index is 0.329. The van der Waals surface area contributed by atoms with Gasteiger partial charge in [-0.25, -0.2) is 0 Å². The Bertz CT molecular complexity index is 690. The summed E-state index contributed by atoms with van der Waals surface area (Å²) >= 11 is 2.06. The molecule has 3 rings (SSSR count). The summed E-state index contributed by atoms with van der Waals surface area (Å²) in [5.41, 5.74) is 2.54. The number of nitrogens with zero attached hydrogens (tertiary/aromatic N) is 3. The summed E-state index contributed by atoms with van der Waals surface area (Å²) < 4.78 is 2.28. The molecule has 0 saturated carbocycles. The quantitative estimate of drug-likeness (QED) is 0.617. The fraction of sp³-hybridized carbons (Fsp3) is 0.474. The highest BCUT2D eigenvalue weighted by Crippen LogP contribution is 2.36. The van der Waals surface area contributed by atoms with Gasteiger partial charge in [0.25, 0.3) is 0 Å². The smallest absolute Gasteiger partial charge is 0.191 e. The maximum atomic E-state index is 4.37. The lowest BCUT2D eigenvalue weighted by Crippen LogP contribution is -2.43. The van der Waals surface area contributed by atoms with Crippen LogP contribution in [0.4, 0.5) is 0 Å². The number of hydrogen-bond donors (Lipinski definition) is 2. The molecule has 1 aliphatic heterocycles. The van der Waals surface area contributed by atoms with Crippen LogP contribution in [0.15, 0.2) is 47.7 Å². The van der Waals surface area contributed by atoms with Crippen LogP contribution in [0.1, 0.15) is 30.9 Å². The van der Waals surface area contributed by atoms with E-state index in [1.54, 1.807) is 0 Å². The standard InChI is InChI=1S/C19H27N5S/c1-19(9-5-12-25-19)15-22-18(20-2)21-13-16-7-3-4-8-17(16)14-24-11-6-10-23-24/h3-4,6-8,10-11H,5,9,12-15H2,1-2H3,(H2,20,21,22). The summed E-state index contributed by atoms with van der Waals surface area (Å²) in [6.45, 7) is 4.82. The van der Waals surface area contributed by atoms with E-state index in [-0.39, 0.29) is 0 Å². The molecule has 0 radical (unpaired) electrons. The molecule has 25 heavy (non-hydrogen) atoms. The van der Waals surface area contributed by atoms with E-state index in [1.165, 1.54) is 29.7 Å². The van der Waals surface area contributed by atoms with E-state index < -0.39 is 0 Å². The molecule has 1 aromatic heterocycles. The first-order chi connectivity index (χ1) is 12.2. The van der Waals surface area contributed by atoms with Gasteiger partial charge in [0.1, 0.15) is 0 Å². The van der Waals surface area contributed by atoms with E-state index in [0.29, 0.717) is 4.75 Å². The van der Waals surface area contributed by atoms with Crippen molar-refractivity contribution < 1.29 is 0 Å². The van der Waals surface area contributed by atoms with Gasteiger partial charge in [-0.15, -0.1) is 0 Å². The van der Waals surface area contributed by atoms with Crippen molar-refractivity contribution in [2.75, 3.05) is 19.3 Å². The van der Waals surface area contributed by atoms with E-state index in [9.17, 15) is 0 Å². The zero-order valence-corrected chi connectivity index (χ0v) is 15.9. The molecule has 5 nitrogen and oxygen atoms in total. The summed E-state index contributed by atoms with van der Waals surface area (Å²) in [7, 11) is 1.83. The number of benzene rings is 1. The number of hydrogen-bond acceptors (Lipinski definition) is 3. The van der Waals surface area contributed by atoms with Crippen LogP contribution in [-0.4, -0.2) is 39.8 Å². The van der Waals surface area contributed by atoms with Crippen molar-refractivity contribution >= 4 is 17.7 Å². The Morgan fingerprint density at radius 1 is 1.28 bits per heavy atom. The summed E-state index contributed by atoms with van der Waals surface area (Å²) in [5, 5.41) is 11.2. The maximum Gasteiger partial charge on any atom is 0.191 e. The van der Waals surface area contributed by atoms with E-state index in [0.717, 1.165) is 25.6 Å². The van der Waals surface area contributed by atoms with Crippen molar-refractivity contribution in [3.05, 3.63) is 53.9 Å². The molecule has 0 amide bonds. The highest BCUT2D eigenvalue weighted by atomic mass is 32.2. The Balaban J connectivity index is 1.56. The van der Waals surface area contributed by atoms with Crippen LogP contribution in [0.5, 0.6) is 0 Å². The van der Waals surface area contributed by atoms with Gasteiger partial charge in [0.15, 0.2) is 5.96 Å². The van der Waals surface area contributed by atoms with Crippen molar-refractivity contribution in [1.82, 2.24) is 20.4 Å². The lowest BCUT2D eigenvalue weighted by Gasteiger charge is -2.24. The summed E-state index contributed by atoms with van der Waals surface area (Å²) in [6.07, 6.45) is 6.39. The topological polar surface area (TPSA) is 54.2 Å². The van der Waals surface area contributed by atoms with Gasteiger partial charge in [-0.1, -0.05) is 24.3 Å². The molecule has 0 spiro atoms. The Morgan fingerprint density at radius 3 is 2.80 bits per heavy atom. The first-order valence-corrected chi connectivity index (χ1v) is 9.80. The number of rotatable bonds is 6. The van der Waals surface area contributed by atoms with Gasteiger partial charge in [0, 0.05) is 37.3 Å². The number of aromatic nitrogens is 2. The molecule has 1 atom stereocenters. The third-order valence-electron chi connectivity index (χ3n) is 4.61. The second-order valence-corrected chi connectivity index (χ2v) is 8.34. The lowest BCUT2D eigenvalue weighted by atomic mass is 10.1. The van der Waals surface area contributed by atoms with Crippen molar-refractivity contribution in [3.8, 4) is 0 Å². The van der Waals surface area contributed by atoms with Gasteiger partial charge in [0.2, 0.25) is 0 Å². The first-order valence-electron chi connectivity index (χ1n) is 8.81. The van der Waals surface area contributed by atoms with Crippen LogP contribution >= 0.6 is 11.8 Å². The zero-order valence-electron chi connectivity index (χ0n) is 15.0. The van der Waals surface area contributed by atoms with Crippen molar-refractivity contribution in [2.24, 2.45) is 4.99 Å². The fourth-order valence-corrected chi connectivity index (χ4v) is 4.34. The molecular formula is C19H27N5S. The highest BCUT2D eigenvalue weighted by molar-refractivity contribution is 8.00. The Kier molecular flexibility index (Phi) is 6.02. The summed E-state index contributed by atoms with van der Waals surface area (Å²) in [4.78, 5) is 4.37. The van der Waals surface area contributed by atoms with Crippen LogP contribution in [0.25, 0.3) is 0 Å². The molecule has 134 valence electrons. The average Bonchev–Trinajstić information content (AvgIpc) is 3.28. The average molecular weight is 358 g/mol. The van der Waals surface area contributed by atoms with E-state index in [1.807, 2.05) is 30.2 Å². The van der Waals surface area contributed by atoms with Gasteiger partial charge in [-0.2, -0.15) is 16.9 Å². The number of thioether (sulfide) groups is 1. The molecular weight excluding hydrogens is 330 g/mol. The zero-order chi connectivity index (χ0) is 17.5. The molecule has 6 heteroatoms. The first kappa shape index (κ1) is 17.9. The van der Waals surface area contributed by atoms with Crippen molar-refractivity contribution in [3.63, 3.8) is 0 Å². The molecule has 1 fully saturated rings. The summed E-state index contributed by atoms with van der Waals surface area (Å²) in [6, 6.07) is 10.4. The summed E-state index contributed by atoms with van der Waals surface area (Å²) in [5.74, 6) is 2.13. The van der Waals surface area contributed by atoms with Gasteiger partial charge in [-0.05, 0) is 42.7 Å². The SMILES string of the molecule is CN=C(NCc1ccccc1Cn1cccn1)NCC1(C)CCCS1. The Labute approximate surface area is 154 Å². The van der Waals surface area contributed by atoms with Crippen molar-refractivity contribution in [1.29, 1.82) is 0 Å². The van der Waals surface area contributed by atoms with Gasteiger partial charge >= 0.3 is 0 Å². The minimum Gasteiger partial charge on any atom is -0.355 e. The molecule has 0 bridgehead atoms. The Hall–Kier alpha value is -1.95. The normalized spacial score (nSPS) is 20.6. The minimum atomic E-state index is 0.329. The highest BCUT2D eigenvalue weighted by Gasteiger charge is 2.29. The lowest BCUT2D eigenvalue weighted by molar-refractivity contribution is 0.584. The second-order valence-electron chi connectivity index (χ2n) is 6.65. The third kappa shape index (κ3) is 5.01. The molecule has 2 aromatic rings. The number of nitrogens with one attached hydrogen (secondary N) is 2. The van der Waals surface area contributed by atoms with Gasteiger partial charge in [0.05, 0.1) is 6.54 Å². The van der Waals surface area contributed by atoms with Gasteiger partial charge in [-0.3, -0.25) is 9.67 Å². The fourth-order valence-electron chi connectivity index (χ4n) is 3.10. The van der Waals surface area contributed by atoms with Crippen LogP contribution in [0.2, 0.25) is 0 Å². The molecule has 1 saturated heterocycles. The van der Waals surface area contributed by atoms with E-state index >= 15 is 0 Å². The van der Waals surface area contributed by atoms with Gasteiger partial charge < -0.3 is 10.6 Å². The Morgan fingerprint density at radius 2 is 2.12 bits per heavy atom. The second kappa shape index (κ2) is 8.43. The largest absolute Gasteiger partial charge is 0.355 e. The van der Waals surface area contributed by atoms with Crippen LogP contribution in [0.3, 0.4) is 0 Å². The maximum absolute atomic E-state index is 4.37. The van der Waals surface area contributed by atoms with E-state index in [4.69, 9.17) is 0 Å². The molecule has 1 aromatic carbocycles. The molecule has 1 unspecified atom stereocenters. The predicted octanol–water partition coefficient (Wildman–Crippen LogP) is 2.88. The molecule has 2 N–H and O–H groups in total. The monoisotopic (exact) mass is 357 g/mol. The molecule has 2 heterocycles. The molecule has 0 aliphatic carbocycles. The van der Waals surface area contributed by atoms with E-state index in [2.05, 4.69) is 63.7 Å².